The van der Waals surface area contributed by atoms with E-state index in [9.17, 15) is 9.18 Å². The maximum absolute atomic E-state index is 12.0. The van der Waals surface area contributed by atoms with Crippen molar-refractivity contribution in [3.8, 4) is 0 Å². The third-order valence-electron chi connectivity index (χ3n) is 2.03. The molecule has 0 aliphatic carbocycles. The summed E-state index contributed by atoms with van der Waals surface area (Å²) in [4.78, 5) is 21.5. The summed E-state index contributed by atoms with van der Waals surface area (Å²) in [6.07, 6.45) is 1.82. The fraction of sp³-hybridized carbons (Fsp3) is 0.375. The topological polar surface area (TPSA) is 89.6 Å². The van der Waals surface area contributed by atoms with E-state index in [-0.39, 0.29) is 17.0 Å². The number of nitrogens with zero attached hydrogens (tertiary/aromatic N) is 3. The second kappa shape index (κ2) is 3.68. The van der Waals surface area contributed by atoms with Crippen molar-refractivity contribution < 1.29 is 4.39 Å². The maximum Gasteiger partial charge on any atom is 0.280 e. The van der Waals surface area contributed by atoms with Crippen LogP contribution in [-0.4, -0.2) is 26.2 Å². The minimum absolute atomic E-state index is 0.0366. The second-order valence-electron chi connectivity index (χ2n) is 3.10. The van der Waals surface area contributed by atoms with E-state index < -0.39 is 6.67 Å². The molecule has 0 amide bonds. The number of halogens is 1. The summed E-state index contributed by atoms with van der Waals surface area (Å²) in [7, 11) is 0. The number of aryl methyl sites for hydroxylation is 1. The van der Waals surface area contributed by atoms with Crippen molar-refractivity contribution in [1.82, 2.24) is 19.5 Å². The molecule has 2 aromatic heterocycles. The number of nitrogen functional groups attached to an aromatic ring is 1. The normalized spacial score (nSPS) is 11.0. The third kappa shape index (κ3) is 1.67. The Morgan fingerprint density at radius 3 is 3.13 bits per heavy atom. The highest BCUT2D eigenvalue weighted by molar-refractivity contribution is 5.70. The SMILES string of the molecule is Nc1nc2c(ncn2CCCF)c(=O)[nH]1. The van der Waals surface area contributed by atoms with Crippen LogP contribution in [-0.2, 0) is 6.54 Å². The summed E-state index contributed by atoms with van der Waals surface area (Å²) in [5.41, 5.74) is 5.64. The van der Waals surface area contributed by atoms with E-state index in [4.69, 9.17) is 5.73 Å². The number of aromatic amines is 1. The largest absolute Gasteiger partial charge is 0.369 e. The highest BCUT2D eigenvalue weighted by Gasteiger charge is 2.08. The van der Waals surface area contributed by atoms with Crippen LogP contribution in [0.2, 0.25) is 0 Å². The highest BCUT2D eigenvalue weighted by atomic mass is 19.1. The molecular weight excluding hydrogens is 201 g/mol. The van der Waals surface area contributed by atoms with Gasteiger partial charge < -0.3 is 10.3 Å². The Morgan fingerprint density at radius 2 is 2.40 bits per heavy atom. The van der Waals surface area contributed by atoms with Gasteiger partial charge in [-0.25, -0.2) is 4.98 Å². The number of rotatable bonds is 3. The van der Waals surface area contributed by atoms with Gasteiger partial charge in [0.2, 0.25) is 5.95 Å². The lowest BCUT2D eigenvalue weighted by molar-refractivity contribution is 0.449. The molecule has 2 heterocycles. The molecule has 0 radical (unpaired) electrons. The molecule has 6 nitrogen and oxygen atoms in total. The average Bonchev–Trinajstić information content (AvgIpc) is 2.58. The molecule has 3 N–H and O–H groups in total. The zero-order valence-corrected chi connectivity index (χ0v) is 7.90. The van der Waals surface area contributed by atoms with Gasteiger partial charge in [0.15, 0.2) is 11.2 Å². The lowest BCUT2D eigenvalue weighted by atomic mass is 10.4. The van der Waals surface area contributed by atoms with Crippen molar-refractivity contribution in [2.24, 2.45) is 0 Å². The van der Waals surface area contributed by atoms with Gasteiger partial charge in [-0.3, -0.25) is 14.2 Å². The van der Waals surface area contributed by atoms with Gasteiger partial charge in [0.25, 0.3) is 5.56 Å². The Kier molecular flexibility index (Phi) is 2.36. The maximum atomic E-state index is 12.0. The Morgan fingerprint density at radius 1 is 1.60 bits per heavy atom. The summed E-state index contributed by atoms with van der Waals surface area (Å²) < 4.78 is 13.6. The number of fused-ring (bicyclic) bond motifs is 1. The van der Waals surface area contributed by atoms with Crippen LogP contribution in [0.25, 0.3) is 11.2 Å². The number of nitrogens with one attached hydrogen (secondary N) is 1. The first-order valence-corrected chi connectivity index (χ1v) is 4.49. The number of imidazole rings is 1. The van der Waals surface area contributed by atoms with Crippen LogP contribution in [0.4, 0.5) is 10.3 Å². The van der Waals surface area contributed by atoms with Crippen LogP contribution in [0.3, 0.4) is 0 Å². The van der Waals surface area contributed by atoms with E-state index in [0.29, 0.717) is 18.6 Å². The molecule has 0 aliphatic heterocycles. The predicted octanol–water partition coefficient (Wildman–Crippen LogP) is 0.0614. The summed E-state index contributed by atoms with van der Waals surface area (Å²) in [6.45, 7) is 0.0151. The molecule has 2 aromatic rings. The van der Waals surface area contributed by atoms with Crippen molar-refractivity contribution in [2.45, 2.75) is 13.0 Å². The lowest BCUT2D eigenvalue weighted by Crippen LogP contribution is -2.12. The smallest absolute Gasteiger partial charge is 0.280 e. The molecule has 0 saturated heterocycles. The number of aromatic nitrogens is 4. The van der Waals surface area contributed by atoms with Gasteiger partial charge >= 0.3 is 0 Å². The second-order valence-corrected chi connectivity index (χ2v) is 3.10. The van der Waals surface area contributed by atoms with Crippen LogP contribution in [0.15, 0.2) is 11.1 Å². The molecule has 0 unspecified atom stereocenters. The minimum Gasteiger partial charge on any atom is -0.369 e. The Hall–Kier alpha value is -1.92. The summed E-state index contributed by atoms with van der Waals surface area (Å²) in [5.74, 6) is 0.0366. The van der Waals surface area contributed by atoms with Gasteiger partial charge in [0, 0.05) is 6.54 Å². The molecule has 7 heteroatoms. The van der Waals surface area contributed by atoms with E-state index >= 15 is 0 Å². The quantitative estimate of drug-likeness (QED) is 0.751. The van der Waals surface area contributed by atoms with Crippen LogP contribution in [0.5, 0.6) is 0 Å². The molecule has 0 spiro atoms. The lowest BCUT2D eigenvalue weighted by Gasteiger charge is -2.00. The van der Waals surface area contributed by atoms with Gasteiger partial charge in [0.1, 0.15) is 0 Å². The molecular formula is C8H10FN5O. The van der Waals surface area contributed by atoms with Crippen molar-refractivity contribution in [1.29, 1.82) is 0 Å². The summed E-state index contributed by atoms with van der Waals surface area (Å²) in [5, 5.41) is 0. The zero-order valence-electron chi connectivity index (χ0n) is 7.90. The molecule has 0 saturated carbocycles. The number of hydrogen-bond donors (Lipinski definition) is 2. The fourth-order valence-corrected chi connectivity index (χ4v) is 1.36. The molecule has 2 rings (SSSR count). The molecule has 0 aliphatic rings. The predicted molar refractivity (Wildman–Crippen MR) is 53.2 cm³/mol. The Balaban J connectivity index is 2.53. The third-order valence-corrected chi connectivity index (χ3v) is 2.03. The zero-order chi connectivity index (χ0) is 10.8. The standard InChI is InChI=1S/C8H10FN5O/c9-2-1-3-14-4-11-5-6(14)12-8(10)13-7(5)15/h4H,1-3H2,(H3,10,12,13,15). The Bertz CT molecular complexity index is 531. The van der Waals surface area contributed by atoms with E-state index in [0.717, 1.165) is 0 Å². The van der Waals surface area contributed by atoms with Crippen LogP contribution < -0.4 is 11.3 Å². The molecule has 0 fully saturated rings. The number of hydrogen-bond acceptors (Lipinski definition) is 4. The molecule has 80 valence electrons. The van der Waals surface area contributed by atoms with Crippen LogP contribution >= 0.6 is 0 Å². The average molecular weight is 211 g/mol. The van der Waals surface area contributed by atoms with E-state index in [2.05, 4.69) is 15.0 Å². The van der Waals surface area contributed by atoms with E-state index in [1.807, 2.05) is 0 Å². The van der Waals surface area contributed by atoms with Gasteiger partial charge in [0.05, 0.1) is 13.0 Å². The van der Waals surface area contributed by atoms with Gasteiger partial charge in [-0.2, -0.15) is 4.98 Å². The number of anilines is 1. The van der Waals surface area contributed by atoms with Gasteiger partial charge in [-0.05, 0) is 6.42 Å². The van der Waals surface area contributed by atoms with Crippen molar-refractivity contribution in [3.05, 3.63) is 16.7 Å². The van der Waals surface area contributed by atoms with Crippen molar-refractivity contribution in [3.63, 3.8) is 0 Å². The summed E-state index contributed by atoms with van der Waals surface area (Å²) >= 11 is 0. The van der Waals surface area contributed by atoms with Gasteiger partial charge in [-0.1, -0.05) is 0 Å². The first-order valence-electron chi connectivity index (χ1n) is 4.49. The molecule has 0 atom stereocenters. The highest BCUT2D eigenvalue weighted by Crippen LogP contribution is 2.06. The van der Waals surface area contributed by atoms with Crippen LogP contribution in [0, 0.1) is 0 Å². The summed E-state index contributed by atoms with van der Waals surface area (Å²) in [6, 6.07) is 0. The Labute approximate surface area is 84.0 Å². The van der Waals surface area contributed by atoms with E-state index in [1.165, 1.54) is 6.33 Å². The number of nitrogens with two attached hydrogens (primary N) is 1. The number of alkyl halides is 1. The fourth-order valence-electron chi connectivity index (χ4n) is 1.36. The van der Waals surface area contributed by atoms with Crippen molar-refractivity contribution >= 4 is 17.1 Å². The van der Waals surface area contributed by atoms with Crippen LogP contribution in [0.1, 0.15) is 6.42 Å². The van der Waals surface area contributed by atoms with E-state index in [1.54, 1.807) is 4.57 Å². The molecule has 15 heavy (non-hydrogen) atoms. The first kappa shape index (κ1) is 9.63. The minimum atomic E-state index is -0.418. The first-order chi connectivity index (χ1) is 7.22. The molecule has 0 aromatic carbocycles. The molecule has 0 bridgehead atoms. The van der Waals surface area contributed by atoms with Gasteiger partial charge in [-0.15, -0.1) is 0 Å². The monoisotopic (exact) mass is 211 g/mol. The number of H-pyrrole nitrogens is 1. The van der Waals surface area contributed by atoms with Crippen molar-refractivity contribution in [2.75, 3.05) is 12.4 Å².